The molecule has 10 heavy (non-hydrogen) atoms. The molecule has 0 saturated heterocycles. The van der Waals surface area contributed by atoms with Gasteiger partial charge >= 0.3 is 0 Å². The number of ether oxygens (including phenoxy) is 1. The average Bonchev–Trinajstić information content (AvgIpc) is 2.31. The van der Waals surface area contributed by atoms with Crippen molar-refractivity contribution in [3.63, 3.8) is 0 Å². The molecule has 0 amide bonds. The summed E-state index contributed by atoms with van der Waals surface area (Å²) in [5.74, 6) is 0. The number of hydrogen-bond acceptors (Lipinski definition) is 2. The smallest absolute Gasteiger partial charge is 0.0838 e. The molecule has 0 unspecified atom stereocenters. The van der Waals surface area contributed by atoms with Crippen LogP contribution < -0.4 is 0 Å². The Balaban J connectivity index is 2.67. The topological polar surface area (TPSA) is 9.23 Å². The van der Waals surface area contributed by atoms with Crippen molar-refractivity contribution >= 4 is 33.3 Å². The van der Waals surface area contributed by atoms with Crippen LogP contribution in [0, 0.1) is 0 Å². The van der Waals surface area contributed by atoms with Gasteiger partial charge in [0, 0.05) is 14.7 Å². The van der Waals surface area contributed by atoms with Gasteiger partial charge in [-0.25, -0.2) is 0 Å². The molecule has 0 aliphatic carbocycles. The molecule has 54 valence electrons. The first-order valence-electron chi connectivity index (χ1n) is 2.76. The average molecular weight is 219 g/mol. The van der Waals surface area contributed by atoms with Crippen LogP contribution >= 0.6 is 27.3 Å². The number of rotatable bonds is 2. The van der Waals surface area contributed by atoms with E-state index in [4.69, 9.17) is 4.74 Å². The van der Waals surface area contributed by atoms with Crippen molar-refractivity contribution in [3.05, 3.63) is 27.1 Å². The van der Waals surface area contributed by atoms with E-state index < -0.39 is 0 Å². The predicted octanol–water partition coefficient (Wildman–Crippen LogP) is 3.13. The monoisotopic (exact) mass is 218 g/mol. The Hall–Kier alpha value is -0.280. The second-order valence-corrected chi connectivity index (χ2v) is 3.56. The molecule has 0 atom stereocenters. The van der Waals surface area contributed by atoms with E-state index in [1.54, 1.807) is 24.7 Å². The van der Waals surface area contributed by atoms with Crippen LogP contribution in [0.3, 0.4) is 0 Å². The Kier molecular flexibility index (Phi) is 2.96. The standard InChI is InChI=1S/C7H7BrOS/c1-9-3-2-7-4-6(8)5-10-7/h2-5H,1H3. The maximum absolute atomic E-state index is 4.77. The number of halogens is 1. The number of hydrogen-bond donors (Lipinski definition) is 0. The predicted molar refractivity (Wildman–Crippen MR) is 48.1 cm³/mol. The molecule has 1 nitrogen and oxygen atoms in total. The minimum absolute atomic E-state index is 1.12. The molecule has 0 radical (unpaired) electrons. The molecule has 0 saturated carbocycles. The van der Waals surface area contributed by atoms with Crippen LogP contribution in [0.1, 0.15) is 4.88 Å². The van der Waals surface area contributed by atoms with E-state index in [0.29, 0.717) is 0 Å². The summed E-state index contributed by atoms with van der Waals surface area (Å²) in [5.41, 5.74) is 0. The summed E-state index contributed by atoms with van der Waals surface area (Å²) in [6.45, 7) is 0. The van der Waals surface area contributed by atoms with E-state index in [1.165, 1.54) is 4.88 Å². The van der Waals surface area contributed by atoms with Gasteiger partial charge in [-0.3, -0.25) is 0 Å². The Morgan fingerprint density at radius 3 is 3.00 bits per heavy atom. The molecular weight excluding hydrogens is 212 g/mol. The van der Waals surface area contributed by atoms with Crippen LogP contribution in [0.15, 0.2) is 22.2 Å². The van der Waals surface area contributed by atoms with Gasteiger partial charge in [0.25, 0.3) is 0 Å². The van der Waals surface area contributed by atoms with Crippen molar-refractivity contribution < 1.29 is 4.74 Å². The summed E-state index contributed by atoms with van der Waals surface area (Å²) in [6.07, 6.45) is 3.59. The fraction of sp³-hybridized carbons (Fsp3) is 0.143. The Labute approximate surface area is 72.5 Å². The quantitative estimate of drug-likeness (QED) is 0.694. The van der Waals surface area contributed by atoms with Crippen molar-refractivity contribution in [3.8, 4) is 0 Å². The van der Waals surface area contributed by atoms with E-state index in [-0.39, 0.29) is 0 Å². The third-order valence-electron chi connectivity index (χ3n) is 0.956. The lowest BCUT2D eigenvalue weighted by molar-refractivity contribution is 0.341. The SMILES string of the molecule is COC=Cc1cc(Br)cs1. The van der Waals surface area contributed by atoms with Crippen LogP contribution in [0.4, 0.5) is 0 Å². The van der Waals surface area contributed by atoms with Crippen LogP contribution in [0.2, 0.25) is 0 Å². The second-order valence-electron chi connectivity index (χ2n) is 1.71. The van der Waals surface area contributed by atoms with Crippen molar-refractivity contribution in [1.82, 2.24) is 0 Å². The Morgan fingerprint density at radius 1 is 1.70 bits per heavy atom. The zero-order chi connectivity index (χ0) is 7.40. The lowest BCUT2D eigenvalue weighted by atomic mass is 10.5. The molecule has 0 aromatic carbocycles. The van der Waals surface area contributed by atoms with Crippen LogP contribution in [0.25, 0.3) is 6.08 Å². The highest BCUT2D eigenvalue weighted by Gasteiger charge is 1.90. The fourth-order valence-electron chi connectivity index (χ4n) is 0.551. The first-order valence-corrected chi connectivity index (χ1v) is 4.43. The Bertz CT molecular complexity index is 229. The molecule has 0 aliphatic heterocycles. The third kappa shape index (κ3) is 2.15. The van der Waals surface area contributed by atoms with Gasteiger partial charge in [-0.05, 0) is 28.1 Å². The second kappa shape index (κ2) is 3.78. The third-order valence-corrected chi connectivity index (χ3v) is 2.61. The zero-order valence-electron chi connectivity index (χ0n) is 5.50. The van der Waals surface area contributed by atoms with Gasteiger partial charge in [-0.1, -0.05) is 0 Å². The summed E-state index contributed by atoms with van der Waals surface area (Å²) in [6, 6.07) is 2.04. The minimum atomic E-state index is 1.12. The molecule has 0 spiro atoms. The van der Waals surface area contributed by atoms with Gasteiger partial charge in [-0.2, -0.15) is 0 Å². The summed E-state index contributed by atoms with van der Waals surface area (Å²) in [4.78, 5) is 1.19. The largest absolute Gasteiger partial charge is 0.504 e. The maximum Gasteiger partial charge on any atom is 0.0838 e. The fourth-order valence-corrected chi connectivity index (χ4v) is 1.88. The van der Waals surface area contributed by atoms with Crippen LogP contribution in [-0.2, 0) is 4.74 Å². The molecule has 1 aromatic heterocycles. The number of thiophene rings is 1. The van der Waals surface area contributed by atoms with E-state index in [0.717, 1.165) is 4.47 Å². The Morgan fingerprint density at radius 2 is 2.50 bits per heavy atom. The first-order chi connectivity index (χ1) is 4.83. The van der Waals surface area contributed by atoms with Crippen LogP contribution in [-0.4, -0.2) is 7.11 Å². The summed E-state index contributed by atoms with van der Waals surface area (Å²) in [7, 11) is 1.64. The zero-order valence-corrected chi connectivity index (χ0v) is 7.91. The van der Waals surface area contributed by atoms with Gasteiger partial charge in [0.2, 0.25) is 0 Å². The minimum Gasteiger partial charge on any atom is -0.504 e. The van der Waals surface area contributed by atoms with Crippen molar-refractivity contribution in [2.24, 2.45) is 0 Å². The van der Waals surface area contributed by atoms with Gasteiger partial charge in [0.05, 0.1) is 13.4 Å². The molecule has 1 aromatic rings. The van der Waals surface area contributed by atoms with Gasteiger partial charge in [0.1, 0.15) is 0 Å². The van der Waals surface area contributed by atoms with E-state index >= 15 is 0 Å². The first kappa shape index (κ1) is 7.82. The highest BCUT2D eigenvalue weighted by atomic mass is 79.9. The van der Waals surface area contributed by atoms with Crippen molar-refractivity contribution in [1.29, 1.82) is 0 Å². The maximum atomic E-state index is 4.77. The van der Waals surface area contributed by atoms with E-state index in [9.17, 15) is 0 Å². The van der Waals surface area contributed by atoms with Gasteiger partial charge in [0.15, 0.2) is 0 Å². The summed E-state index contributed by atoms with van der Waals surface area (Å²) in [5, 5.41) is 2.04. The molecule has 0 fully saturated rings. The van der Waals surface area contributed by atoms with Crippen molar-refractivity contribution in [2.45, 2.75) is 0 Å². The molecule has 1 rings (SSSR count). The van der Waals surface area contributed by atoms with Crippen molar-refractivity contribution in [2.75, 3.05) is 7.11 Å². The number of methoxy groups -OCH3 is 1. The molecular formula is C7H7BrOS. The van der Waals surface area contributed by atoms with Gasteiger partial charge in [-0.15, -0.1) is 11.3 Å². The van der Waals surface area contributed by atoms with E-state index in [2.05, 4.69) is 15.9 Å². The summed E-state index contributed by atoms with van der Waals surface area (Å²) >= 11 is 5.04. The highest BCUT2D eigenvalue weighted by molar-refractivity contribution is 9.10. The summed E-state index contributed by atoms with van der Waals surface area (Å²) < 4.78 is 5.88. The molecule has 0 bridgehead atoms. The highest BCUT2D eigenvalue weighted by Crippen LogP contribution is 2.20. The molecule has 0 N–H and O–H groups in total. The molecule has 1 heterocycles. The molecule has 0 aliphatic rings. The lowest BCUT2D eigenvalue weighted by Gasteiger charge is -1.83. The lowest BCUT2D eigenvalue weighted by Crippen LogP contribution is -1.62. The van der Waals surface area contributed by atoms with Crippen LogP contribution in [0.5, 0.6) is 0 Å². The molecule has 3 heteroatoms. The van der Waals surface area contributed by atoms with E-state index in [1.807, 2.05) is 17.5 Å². The normalized spacial score (nSPS) is 10.6. The van der Waals surface area contributed by atoms with Gasteiger partial charge < -0.3 is 4.74 Å².